The van der Waals surface area contributed by atoms with E-state index in [0.29, 0.717) is 6.54 Å². The SMILES string of the molecule is NCC(CC(=O)O)c1n[nH]c2c1CCC2. The Balaban J connectivity index is 2.22. The molecule has 1 aromatic rings. The number of carbonyl (C=O) groups is 1. The van der Waals surface area contributed by atoms with Crippen molar-refractivity contribution in [3.63, 3.8) is 0 Å². The van der Waals surface area contributed by atoms with Gasteiger partial charge in [0.2, 0.25) is 0 Å². The third kappa shape index (κ3) is 1.87. The normalized spacial score (nSPS) is 16.3. The number of carboxylic acids is 1. The monoisotopic (exact) mass is 209 g/mol. The van der Waals surface area contributed by atoms with Crippen molar-refractivity contribution >= 4 is 5.97 Å². The van der Waals surface area contributed by atoms with Crippen molar-refractivity contribution in [2.24, 2.45) is 5.73 Å². The predicted octanol–water partition coefficient (Wildman–Crippen LogP) is 0.415. The maximum absolute atomic E-state index is 10.7. The Morgan fingerprint density at radius 1 is 1.60 bits per heavy atom. The number of nitrogens with two attached hydrogens (primary N) is 1. The van der Waals surface area contributed by atoms with Gasteiger partial charge in [0.05, 0.1) is 12.1 Å². The molecule has 5 heteroatoms. The summed E-state index contributed by atoms with van der Waals surface area (Å²) in [4.78, 5) is 10.7. The van der Waals surface area contributed by atoms with Gasteiger partial charge in [-0.05, 0) is 24.8 Å². The summed E-state index contributed by atoms with van der Waals surface area (Å²) in [7, 11) is 0. The van der Waals surface area contributed by atoms with Crippen LogP contribution in [0.15, 0.2) is 0 Å². The number of nitrogens with zero attached hydrogens (tertiary/aromatic N) is 1. The second-order valence-electron chi connectivity index (χ2n) is 3.95. The maximum Gasteiger partial charge on any atom is 0.304 e. The molecule has 1 aromatic heterocycles. The Labute approximate surface area is 87.7 Å². The summed E-state index contributed by atoms with van der Waals surface area (Å²) in [6.07, 6.45) is 3.21. The number of rotatable bonds is 4. The first-order valence-electron chi connectivity index (χ1n) is 5.20. The van der Waals surface area contributed by atoms with E-state index in [2.05, 4.69) is 10.2 Å². The minimum atomic E-state index is -0.819. The van der Waals surface area contributed by atoms with Gasteiger partial charge in [0, 0.05) is 18.2 Å². The first-order chi connectivity index (χ1) is 7.22. The highest BCUT2D eigenvalue weighted by Crippen LogP contribution is 2.28. The lowest BCUT2D eigenvalue weighted by atomic mass is 9.97. The fourth-order valence-corrected chi connectivity index (χ4v) is 2.19. The number of fused-ring (bicyclic) bond motifs is 1. The molecule has 4 N–H and O–H groups in total. The van der Waals surface area contributed by atoms with E-state index in [4.69, 9.17) is 10.8 Å². The molecular weight excluding hydrogens is 194 g/mol. The number of aromatic amines is 1. The molecular formula is C10H15N3O2. The average molecular weight is 209 g/mol. The number of aliphatic carboxylic acids is 1. The zero-order valence-corrected chi connectivity index (χ0v) is 8.49. The largest absolute Gasteiger partial charge is 0.481 e. The van der Waals surface area contributed by atoms with E-state index >= 15 is 0 Å². The number of hydrogen-bond donors (Lipinski definition) is 3. The van der Waals surface area contributed by atoms with Crippen LogP contribution in [0.3, 0.4) is 0 Å². The van der Waals surface area contributed by atoms with Gasteiger partial charge in [-0.25, -0.2) is 0 Å². The van der Waals surface area contributed by atoms with Gasteiger partial charge in [-0.15, -0.1) is 0 Å². The van der Waals surface area contributed by atoms with Crippen LogP contribution in [-0.2, 0) is 17.6 Å². The van der Waals surface area contributed by atoms with Crippen LogP contribution in [0.1, 0.15) is 35.7 Å². The highest BCUT2D eigenvalue weighted by molar-refractivity contribution is 5.68. The molecule has 1 unspecified atom stereocenters. The Morgan fingerprint density at radius 3 is 3.07 bits per heavy atom. The summed E-state index contributed by atoms with van der Waals surface area (Å²) < 4.78 is 0. The Kier molecular flexibility index (Phi) is 2.73. The molecule has 0 fully saturated rings. The molecule has 0 aromatic carbocycles. The first kappa shape index (κ1) is 10.2. The minimum Gasteiger partial charge on any atom is -0.481 e. The highest BCUT2D eigenvalue weighted by Gasteiger charge is 2.25. The van der Waals surface area contributed by atoms with Crippen LogP contribution < -0.4 is 5.73 Å². The quantitative estimate of drug-likeness (QED) is 0.670. The molecule has 0 saturated carbocycles. The van der Waals surface area contributed by atoms with Crippen molar-refractivity contribution in [1.82, 2.24) is 10.2 Å². The Bertz CT molecular complexity index is 373. The first-order valence-corrected chi connectivity index (χ1v) is 5.20. The van der Waals surface area contributed by atoms with Crippen LogP contribution in [0.2, 0.25) is 0 Å². The molecule has 15 heavy (non-hydrogen) atoms. The van der Waals surface area contributed by atoms with E-state index in [1.165, 1.54) is 5.56 Å². The molecule has 0 radical (unpaired) electrons. The van der Waals surface area contributed by atoms with Gasteiger partial charge in [-0.2, -0.15) is 5.10 Å². The third-order valence-electron chi connectivity index (χ3n) is 2.93. The summed E-state index contributed by atoms with van der Waals surface area (Å²) in [6, 6.07) is 0. The molecule has 0 saturated heterocycles. The molecule has 1 aliphatic carbocycles. The lowest BCUT2D eigenvalue weighted by Crippen LogP contribution is -2.17. The number of aromatic nitrogens is 2. The lowest BCUT2D eigenvalue weighted by Gasteiger charge is -2.10. The summed E-state index contributed by atoms with van der Waals surface area (Å²) in [5.74, 6) is -0.971. The van der Waals surface area contributed by atoms with Crippen molar-refractivity contribution in [1.29, 1.82) is 0 Å². The van der Waals surface area contributed by atoms with Crippen molar-refractivity contribution in [3.05, 3.63) is 17.0 Å². The van der Waals surface area contributed by atoms with Gasteiger partial charge in [-0.1, -0.05) is 0 Å². The van der Waals surface area contributed by atoms with Gasteiger partial charge in [0.15, 0.2) is 0 Å². The molecule has 0 bridgehead atoms. The molecule has 5 nitrogen and oxygen atoms in total. The fourth-order valence-electron chi connectivity index (χ4n) is 2.19. The maximum atomic E-state index is 10.7. The van der Waals surface area contributed by atoms with E-state index in [-0.39, 0.29) is 12.3 Å². The van der Waals surface area contributed by atoms with Gasteiger partial charge < -0.3 is 10.8 Å². The van der Waals surface area contributed by atoms with Crippen molar-refractivity contribution < 1.29 is 9.90 Å². The summed E-state index contributed by atoms with van der Waals surface area (Å²) in [6.45, 7) is 0.337. The molecule has 0 spiro atoms. The summed E-state index contributed by atoms with van der Waals surface area (Å²) in [5.41, 5.74) is 8.82. The standard InChI is InChI=1S/C10H15N3O2/c11-5-6(4-9(14)15)10-7-2-1-3-8(7)12-13-10/h6H,1-5,11H2,(H,12,13)(H,14,15). The smallest absolute Gasteiger partial charge is 0.304 e. The van der Waals surface area contributed by atoms with E-state index in [9.17, 15) is 4.79 Å². The predicted molar refractivity (Wildman–Crippen MR) is 54.7 cm³/mol. The Morgan fingerprint density at radius 2 is 2.40 bits per heavy atom. The second kappa shape index (κ2) is 4.02. The summed E-state index contributed by atoms with van der Waals surface area (Å²) in [5, 5.41) is 15.9. The third-order valence-corrected chi connectivity index (χ3v) is 2.93. The molecule has 0 aliphatic heterocycles. The van der Waals surface area contributed by atoms with Crippen molar-refractivity contribution in [2.45, 2.75) is 31.6 Å². The lowest BCUT2D eigenvalue weighted by molar-refractivity contribution is -0.137. The van der Waals surface area contributed by atoms with Crippen LogP contribution in [0.25, 0.3) is 0 Å². The average Bonchev–Trinajstić information content (AvgIpc) is 2.74. The van der Waals surface area contributed by atoms with Crippen LogP contribution in [-0.4, -0.2) is 27.8 Å². The highest BCUT2D eigenvalue weighted by atomic mass is 16.4. The van der Waals surface area contributed by atoms with Crippen LogP contribution in [0, 0.1) is 0 Å². The van der Waals surface area contributed by atoms with E-state index in [0.717, 1.165) is 30.7 Å². The minimum absolute atomic E-state index is 0.0633. The zero-order chi connectivity index (χ0) is 10.8. The van der Waals surface area contributed by atoms with Gasteiger partial charge >= 0.3 is 5.97 Å². The van der Waals surface area contributed by atoms with E-state index < -0.39 is 5.97 Å². The zero-order valence-electron chi connectivity index (χ0n) is 8.49. The van der Waals surface area contributed by atoms with Crippen molar-refractivity contribution in [2.75, 3.05) is 6.54 Å². The van der Waals surface area contributed by atoms with Gasteiger partial charge in [-0.3, -0.25) is 9.89 Å². The number of carboxylic acid groups (broad SMARTS) is 1. The fraction of sp³-hybridized carbons (Fsp3) is 0.600. The Hall–Kier alpha value is -1.36. The topological polar surface area (TPSA) is 92.0 Å². The van der Waals surface area contributed by atoms with Crippen LogP contribution >= 0.6 is 0 Å². The van der Waals surface area contributed by atoms with Crippen molar-refractivity contribution in [3.8, 4) is 0 Å². The number of aryl methyl sites for hydroxylation is 1. The van der Waals surface area contributed by atoms with E-state index in [1.54, 1.807) is 0 Å². The molecule has 1 aliphatic rings. The second-order valence-corrected chi connectivity index (χ2v) is 3.95. The van der Waals surface area contributed by atoms with Crippen LogP contribution in [0.4, 0.5) is 0 Å². The number of hydrogen-bond acceptors (Lipinski definition) is 3. The molecule has 0 amide bonds. The number of nitrogens with one attached hydrogen (secondary N) is 1. The molecule has 1 atom stereocenters. The molecule has 1 heterocycles. The number of H-pyrrole nitrogens is 1. The summed E-state index contributed by atoms with van der Waals surface area (Å²) >= 11 is 0. The molecule has 2 rings (SSSR count). The van der Waals surface area contributed by atoms with Gasteiger partial charge in [0.25, 0.3) is 0 Å². The van der Waals surface area contributed by atoms with E-state index in [1.807, 2.05) is 0 Å². The van der Waals surface area contributed by atoms with Crippen LogP contribution in [0.5, 0.6) is 0 Å². The molecule has 82 valence electrons. The van der Waals surface area contributed by atoms with Gasteiger partial charge in [0.1, 0.15) is 0 Å².